The monoisotopic (exact) mass is 628 g/mol. The largest absolute Gasteiger partial charge is 0.462 e. The summed E-state index contributed by atoms with van der Waals surface area (Å²) in [5.41, 5.74) is 3.89. The van der Waals surface area contributed by atoms with Gasteiger partial charge < -0.3 is 4.74 Å². The summed E-state index contributed by atoms with van der Waals surface area (Å²) < 4.78 is 6.20. The van der Waals surface area contributed by atoms with Gasteiger partial charge in [0.25, 0.3) is 0 Å². The number of thiophene rings is 1. The Bertz CT molecular complexity index is 1370. The molecular formula is C41H56O3S. The highest BCUT2D eigenvalue weighted by atomic mass is 32.1. The van der Waals surface area contributed by atoms with E-state index in [2.05, 4.69) is 40.7 Å². The summed E-state index contributed by atoms with van der Waals surface area (Å²) in [6.07, 6.45) is 16.6. The van der Waals surface area contributed by atoms with Crippen LogP contribution in [0.4, 0.5) is 0 Å². The van der Waals surface area contributed by atoms with Crippen LogP contribution in [0.5, 0.6) is 0 Å². The Balaban J connectivity index is 1.07. The third-order valence-corrected chi connectivity index (χ3v) is 14.2. The molecule has 0 radical (unpaired) electrons. The smallest absolute Gasteiger partial charge is 0.313 e. The van der Waals surface area contributed by atoms with Gasteiger partial charge in [0.1, 0.15) is 6.10 Å². The Labute approximate surface area is 276 Å². The van der Waals surface area contributed by atoms with Crippen molar-refractivity contribution in [2.24, 2.45) is 46.3 Å². The van der Waals surface area contributed by atoms with Crippen LogP contribution in [0.15, 0.2) is 53.4 Å². The molecule has 9 atom stereocenters. The van der Waals surface area contributed by atoms with Crippen LogP contribution in [0.25, 0.3) is 0 Å². The minimum Gasteiger partial charge on any atom is -0.462 e. The van der Waals surface area contributed by atoms with Crippen molar-refractivity contribution < 1.29 is 14.3 Å². The highest BCUT2D eigenvalue weighted by Crippen LogP contribution is 2.67. The zero-order chi connectivity index (χ0) is 31.9. The van der Waals surface area contributed by atoms with Crippen LogP contribution in [-0.2, 0) is 9.53 Å². The first-order chi connectivity index (χ1) is 21.5. The molecule has 0 amide bonds. The second-order valence-corrected chi connectivity index (χ2v) is 17.2. The number of ether oxygens (including phenoxy) is 1. The van der Waals surface area contributed by atoms with Gasteiger partial charge in [0, 0.05) is 12.0 Å². The number of hydrogen-bond donors (Lipinski definition) is 0. The van der Waals surface area contributed by atoms with E-state index in [1.807, 2.05) is 48.7 Å². The van der Waals surface area contributed by atoms with Crippen LogP contribution in [0.1, 0.15) is 139 Å². The fourth-order valence-electron chi connectivity index (χ4n) is 10.6. The second kappa shape index (κ2) is 13.1. The summed E-state index contributed by atoms with van der Waals surface area (Å²) in [5, 5.41) is 1.92. The highest BCUT2D eigenvalue weighted by Gasteiger charge is 2.59. The number of rotatable bonds is 10. The Kier molecular flexibility index (Phi) is 9.55. The van der Waals surface area contributed by atoms with E-state index in [0.717, 1.165) is 65.2 Å². The Morgan fingerprint density at radius 3 is 2.42 bits per heavy atom. The molecule has 3 nitrogen and oxygen atoms in total. The third kappa shape index (κ3) is 6.27. The van der Waals surface area contributed by atoms with Gasteiger partial charge in [-0.25, -0.2) is 0 Å². The van der Waals surface area contributed by atoms with Gasteiger partial charge >= 0.3 is 5.97 Å². The molecule has 244 valence electrons. The lowest BCUT2D eigenvalue weighted by Crippen LogP contribution is -2.51. The van der Waals surface area contributed by atoms with Crippen LogP contribution < -0.4 is 0 Å². The van der Waals surface area contributed by atoms with Gasteiger partial charge in [-0.3, -0.25) is 9.59 Å². The first kappa shape index (κ1) is 32.7. The van der Waals surface area contributed by atoms with Crippen LogP contribution in [0.3, 0.4) is 0 Å². The average Bonchev–Trinajstić information content (AvgIpc) is 3.68. The predicted molar refractivity (Wildman–Crippen MR) is 186 cm³/mol. The van der Waals surface area contributed by atoms with Gasteiger partial charge in [-0.1, -0.05) is 95.9 Å². The van der Waals surface area contributed by atoms with Gasteiger partial charge in [-0.2, -0.15) is 0 Å². The first-order valence-corrected chi connectivity index (χ1v) is 19.0. The lowest BCUT2D eigenvalue weighted by molar-refractivity contribution is -0.153. The van der Waals surface area contributed by atoms with Crippen LogP contribution >= 0.6 is 11.3 Å². The van der Waals surface area contributed by atoms with Crippen molar-refractivity contribution in [2.45, 2.75) is 124 Å². The summed E-state index contributed by atoms with van der Waals surface area (Å²) in [4.78, 5) is 26.8. The summed E-state index contributed by atoms with van der Waals surface area (Å²) in [6.45, 7) is 14.4. The summed E-state index contributed by atoms with van der Waals surface area (Å²) in [5.74, 6) is 4.54. The molecule has 0 saturated heterocycles. The number of carbonyl (C=O) groups excluding carboxylic acids is 2. The van der Waals surface area contributed by atoms with E-state index in [4.69, 9.17) is 4.74 Å². The number of allylic oxidation sites excluding steroid dienone is 1. The molecule has 0 N–H and O–H groups in total. The minimum absolute atomic E-state index is 0.0297. The van der Waals surface area contributed by atoms with Gasteiger partial charge in [-0.15, -0.1) is 11.3 Å². The molecule has 0 unspecified atom stereocenters. The van der Waals surface area contributed by atoms with Crippen molar-refractivity contribution >= 4 is 23.1 Å². The Morgan fingerprint density at radius 2 is 1.71 bits per heavy atom. The van der Waals surface area contributed by atoms with Crippen molar-refractivity contribution in [1.29, 1.82) is 0 Å². The Hall–Kier alpha value is -2.20. The summed E-state index contributed by atoms with van der Waals surface area (Å²) >= 11 is 1.45. The molecule has 4 aliphatic rings. The van der Waals surface area contributed by atoms with E-state index in [0.29, 0.717) is 11.0 Å². The van der Waals surface area contributed by atoms with Gasteiger partial charge in [0.15, 0.2) is 0 Å². The Morgan fingerprint density at radius 1 is 0.933 bits per heavy atom. The van der Waals surface area contributed by atoms with E-state index >= 15 is 0 Å². The van der Waals surface area contributed by atoms with Crippen LogP contribution in [0, 0.1) is 46.3 Å². The molecule has 3 saturated carbocycles. The first-order valence-electron chi connectivity index (χ1n) is 18.1. The SMILES string of the molecule is CC(C)CCC[C@@H](C)[C@H]1CC[C@H]2[C@@H]3CC=C4C[C@H](OC(=O)[C@@H](C)c5ccc(C(=O)c6cccs6)cc5)CC[C@]4(C)[C@H]3CC[C@]12C. The maximum absolute atomic E-state index is 13.3. The maximum atomic E-state index is 13.3. The van der Waals surface area contributed by atoms with E-state index < -0.39 is 0 Å². The molecule has 0 bridgehead atoms. The minimum atomic E-state index is -0.354. The molecule has 0 aliphatic heterocycles. The number of ketones is 1. The fraction of sp³-hybridized carbons (Fsp3) is 0.659. The molecule has 3 fully saturated rings. The van der Waals surface area contributed by atoms with Crippen molar-refractivity contribution in [3.05, 3.63) is 69.4 Å². The topological polar surface area (TPSA) is 43.4 Å². The predicted octanol–water partition coefficient (Wildman–Crippen LogP) is 11.0. The van der Waals surface area contributed by atoms with Crippen molar-refractivity contribution in [3.63, 3.8) is 0 Å². The van der Waals surface area contributed by atoms with Gasteiger partial charge in [0.2, 0.25) is 5.78 Å². The van der Waals surface area contributed by atoms with E-state index in [9.17, 15) is 9.59 Å². The molecule has 1 aromatic heterocycles. The number of benzene rings is 1. The van der Waals surface area contributed by atoms with E-state index in [1.54, 1.807) is 5.57 Å². The molecule has 1 heterocycles. The maximum Gasteiger partial charge on any atom is 0.313 e. The molecule has 6 rings (SSSR count). The number of fused-ring (bicyclic) bond motifs is 5. The fourth-order valence-corrected chi connectivity index (χ4v) is 11.3. The molecule has 45 heavy (non-hydrogen) atoms. The van der Waals surface area contributed by atoms with Crippen LogP contribution in [0.2, 0.25) is 0 Å². The van der Waals surface area contributed by atoms with Crippen molar-refractivity contribution in [2.75, 3.05) is 0 Å². The zero-order valence-corrected chi connectivity index (χ0v) is 29.5. The standard InChI is InChI=1S/C41H56O3S/c1-26(2)9-7-10-27(3)34-18-19-35-33-17-16-31-25-32(20-22-40(31,5)36(33)21-23-41(34,35)6)44-39(43)28(4)29-12-14-30(15-13-29)38(42)37-11-8-24-45-37/h8,11-16,24,26-28,32-36H,7,9-10,17-23,25H2,1-6H3/t27-,28+,32-,33+,34-,35+,36+,40+,41-/m1/s1. The molecular weight excluding hydrogens is 573 g/mol. The average molecular weight is 629 g/mol. The quantitative estimate of drug-likeness (QED) is 0.149. The lowest BCUT2D eigenvalue weighted by atomic mass is 9.47. The molecule has 4 heteroatoms. The molecule has 2 aromatic rings. The normalized spacial score (nSPS) is 33.8. The summed E-state index contributed by atoms with van der Waals surface area (Å²) in [7, 11) is 0. The zero-order valence-electron chi connectivity index (χ0n) is 28.6. The second-order valence-electron chi connectivity index (χ2n) is 16.2. The number of carbonyl (C=O) groups is 2. The van der Waals surface area contributed by atoms with Crippen LogP contribution in [-0.4, -0.2) is 17.9 Å². The third-order valence-electron chi connectivity index (χ3n) is 13.3. The molecule has 4 aliphatic carbocycles. The summed E-state index contributed by atoms with van der Waals surface area (Å²) in [6, 6.07) is 11.2. The molecule has 0 spiro atoms. The highest BCUT2D eigenvalue weighted by molar-refractivity contribution is 7.12. The van der Waals surface area contributed by atoms with Gasteiger partial charge in [0.05, 0.1) is 10.8 Å². The van der Waals surface area contributed by atoms with E-state index in [-0.39, 0.29) is 29.2 Å². The van der Waals surface area contributed by atoms with Crippen molar-refractivity contribution in [3.8, 4) is 0 Å². The van der Waals surface area contributed by atoms with Crippen molar-refractivity contribution in [1.82, 2.24) is 0 Å². The van der Waals surface area contributed by atoms with Gasteiger partial charge in [-0.05, 0) is 115 Å². The molecule has 1 aromatic carbocycles. The number of esters is 1. The number of hydrogen-bond acceptors (Lipinski definition) is 4. The lowest BCUT2D eigenvalue weighted by Gasteiger charge is -2.58. The van der Waals surface area contributed by atoms with E-state index in [1.165, 1.54) is 62.7 Å².